The van der Waals surface area contributed by atoms with Gasteiger partial charge in [-0.1, -0.05) is 76.7 Å². The van der Waals surface area contributed by atoms with E-state index in [0.29, 0.717) is 0 Å². The number of aromatic hydroxyl groups is 2. The van der Waals surface area contributed by atoms with E-state index in [4.69, 9.17) is 46.4 Å². The van der Waals surface area contributed by atoms with Crippen molar-refractivity contribution >= 4 is 56.5 Å². The predicted octanol–water partition coefficient (Wildman–Crippen LogP) is 5.89. The van der Waals surface area contributed by atoms with Gasteiger partial charge in [0.15, 0.2) is 16.2 Å². The maximum atomic E-state index is 13.0. The van der Waals surface area contributed by atoms with Crippen molar-refractivity contribution < 1.29 is 23.2 Å². The highest BCUT2D eigenvalue weighted by atomic mass is 35.5. The molecule has 0 aliphatic carbocycles. The Bertz CT molecular complexity index is 1170. The first-order valence-electron chi connectivity index (χ1n) is 7.90. The van der Waals surface area contributed by atoms with Crippen LogP contribution in [0.5, 0.6) is 11.5 Å². The van der Waals surface area contributed by atoms with Crippen LogP contribution < -0.4 is 0 Å². The third-order valence-corrected chi connectivity index (χ3v) is 7.18. The summed E-state index contributed by atoms with van der Waals surface area (Å²) in [4.78, 5) is 0. The molecule has 1 atom stereocenters. The van der Waals surface area contributed by atoms with Gasteiger partial charge in [0.05, 0.1) is 15.6 Å². The first-order chi connectivity index (χ1) is 13.5. The largest absolute Gasteiger partial charge is 0.504 e. The van der Waals surface area contributed by atoms with Crippen LogP contribution in [0.3, 0.4) is 0 Å². The first kappa shape index (κ1) is 22.0. The monoisotopic (exact) mass is 492 g/mol. The zero-order chi connectivity index (χ0) is 21.6. The lowest BCUT2D eigenvalue weighted by Gasteiger charge is -2.34. The maximum Gasteiger partial charge on any atom is 0.283 e. The molecule has 0 aliphatic rings. The molecule has 0 amide bonds. The van der Waals surface area contributed by atoms with Gasteiger partial charge < -0.3 is 10.2 Å². The summed E-state index contributed by atoms with van der Waals surface area (Å²) in [7, 11) is -5.16. The molecule has 152 valence electrons. The van der Waals surface area contributed by atoms with Crippen molar-refractivity contribution in [3.05, 3.63) is 91.4 Å². The van der Waals surface area contributed by atoms with Gasteiger partial charge in [0.25, 0.3) is 10.1 Å². The molecule has 29 heavy (non-hydrogen) atoms. The SMILES string of the molecule is O=S(=O)(O)C(c1ccccc1)(c1cc(Cl)ccc1Cl)c1c(O)c(O)cc(Cl)c1Cl. The van der Waals surface area contributed by atoms with Gasteiger partial charge in [-0.25, -0.2) is 0 Å². The van der Waals surface area contributed by atoms with E-state index in [9.17, 15) is 23.2 Å². The molecular weight excluding hydrogens is 482 g/mol. The zero-order valence-corrected chi connectivity index (χ0v) is 18.1. The number of benzene rings is 3. The summed E-state index contributed by atoms with van der Waals surface area (Å²) in [6.07, 6.45) is 0. The van der Waals surface area contributed by atoms with Crippen LogP contribution in [0.4, 0.5) is 0 Å². The Kier molecular flexibility index (Phi) is 5.98. The molecule has 0 radical (unpaired) electrons. The molecule has 0 fully saturated rings. The second kappa shape index (κ2) is 7.87. The molecule has 0 saturated carbocycles. The topological polar surface area (TPSA) is 94.8 Å². The van der Waals surface area contributed by atoms with Crippen LogP contribution in [0.1, 0.15) is 16.7 Å². The van der Waals surface area contributed by atoms with Crippen LogP contribution in [0.15, 0.2) is 54.6 Å². The molecule has 1 unspecified atom stereocenters. The Morgan fingerprint density at radius 2 is 1.45 bits per heavy atom. The van der Waals surface area contributed by atoms with Crippen molar-refractivity contribution in [2.24, 2.45) is 0 Å². The molecule has 0 saturated heterocycles. The number of halogens is 4. The van der Waals surface area contributed by atoms with Gasteiger partial charge in [-0.2, -0.15) is 8.42 Å². The van der Waals surface area contributed by atoms with Gasteiger partial charge >= 0.3 is 0 Å². The fourth-order valence-electron chi connectivity index (χ4n) is 3.22. The van der Waals surface area contributed by atoms with Crippen molar-refractivity contribution in [1.82, 2.24) is 0 Å². The summed E-state index contributed by atoms with van der Waals surface area (Å²) in [5, 5.41) is 20.1. The first-order valence-corrected chi connectivity index (χ1v) is 10.9. The third kappa shape index (κ3) is 3.54. The normalized spacial score (nSPS) is 13.8. The van der Waals surface area contributed by atoms with Gasteiger partial charge in [-0.05, 0) is 23.8 Å². The Labute approximate surface area is 186 Å². The highest BCUT2D eigenvalue weighted by Crippen LogP contribution is 2.55. The van der Waals surface area contributed by atoms with Crippen LogP contribution in [0.25, 0.3) is 0 Å². The van der Waals surface area contributed by atoms with Crippen LogP contribution in [-0.4, -0.2) is 23.2 Å². The number of phenolic OH excluding ortho intramolecular Hbond substituents is 2. The minimum absolute atomic E-state index is 0.0227. The van der Waals surface area contributed by atoms with Crippen molar-refractivity contribution in [2.45, 2.75) is 4.75 Å². The summed E-state index contributed by atoms with van der Waals surface area (Å²) >= 11 is 24.8. The van der Waals surface area contributed by atoms with E-state index in [0.717, 1.165) is 6.07 Å². The predicted molar refractivity (Wildman–Crippen MR) is 114 cm³/mol. The molecule has 3 rings (SSSR count). The van der Waals surface area contributed by atoms with E-state index >= 15 is 0 Å². The number of rotatable bonds is 4. The fraction of sp³-hybridized carbons (Fsp3) is 0.0526. The molecule has 0 bridgehead atoms. The van der Waals surface area contributed by atoms with E-state index in [1.807, 2.05) is 0 Å². The zero-order valence-electron chi connectivity index (χ0n) is 14.3. The molecule has 3 aromatic carbocycles. The molecule has 3 aromatic rings. The summed E-state index contributed by atoms with van der Waals surface area (Å²) in [6.45, 7) is 0. The van der Waals surface area contributed by atoms with E-state index < -0.39 is 37.0 Å². The highest BCUT2D eigenvalue weighted by molar-refractivity contribution is 7.87. The van der Waals surface area contributed by atoms with Crippen LogP contribution in [0.2, 0.25) is 20.1 Å². The summed E-state index contributed by atoms with van der Waals surface area (Å²) in [6, 6.07) is 12.3. The lowest BCUT2D eigenvalue weighted by molar-refractivity contribution is 0.394. The van der Waals surface area contributed by atoms with Crippen LogP contribution in [0, 0.1) is 0 Å². The van der Waals surface area contributed by atoms with Gasteiger partial charge in [0, 0.05) is 21.7 Å². The average molecular weight is 494 g/mol. The van der Waals surface area contributed by atoms with Crippen molar-refractivity contribution in [2.75, 3.05) is 0 Å². The summed E-state index contributed by atoms with van der Waals surface area (Å²) in [5.41, 5.74) is -0.785. The molecule has 10 heteroatoms. The molecular formula is C19H12Cl4O5S. The lowest BCUT2D eigenvalue weighted by atomic mass is 9.83. The quantitative estimate of drug-likeness (QED) is 0.239. The van der Waals surface area contributed by atoms with Crippen molar-refractivity contribution in [1.29, 1.82) is 0 Å². The van der Waals surface area contributed by atoms with Crippen molar-refractivity contribution in [3.8, 4) is 11.5 Å². The molecule has 0 spiro atoms. The van der Waals surface area contributed by atoms with Gasteiger partial charge in [0.1, 0.15) is 0 Å². The van der Waals surface area contributed by atoms with E-state index in [1.54, 1.807) is 6.07 Å². The highest BCUT2D eigenvalue weighted by Gasteiger charge is 2.53. The smallest absolute Gasteiger partial charge is 0.283 e. The molecule has 0 heterocycles. The Morgan fingerprint density at radius 3 is 2.03 bits per heavy atom. The maximum absolute atomic E-state index is 13.0. The van der Waals surface area contributed by atoms with Gasteiger partial charge in [-0.15, -0.1) is 0 Å². The fourth-order valence-corrected chi connectivity index (χ4v) is 5.58. The number of hydrogen-bond donors (Lipinski definition) is 3. The Balaban J connectivity index is 2.69. The minimum Gasteiger partial charge on any atom is -0.504 e. The third-order valence-electron chi connectivity index (χ3n) is 4.40. The lowest BCUT2D eigenvalue weighted by Crippen LogP contribution is -2.39. The summed E-state index contributed by atoms with van der Waals surface area (Å²) in [5.74, 6) is -1.63. The standard InChI is InChI=1S/C19H12Cl4O5S/c20-11-6-7-13(21)12(8-11)19(29(26,27)28,10-4-2-1-3-5-10)16-17(23)14(22)9-15(24)18(16)25/h1-9,24-25H,(H,26,27,28). The number of phenols is 2. The van der Waals surface area contributed by atoms with Crippen LogP contribution >= 0.6 is 46.4 Å². The van der Waals surface area contributed by atoms with E-state index in [1.165, 1.54) is 42.5 Å². The van der Waals surface area contributed by atoms with E-state index in [-0.39, 0.29) is 26.2 Å². The summed E-state index contributed by atoms with van der Waals surface area (Å²) < 4.78 is 34.0. The molecule has 0 aliphatic heterocycles. The van der Waals surface area contributed by atoms with Crippen LogP contribution in [-0.2, 0) is 14.9 Å². The molecule has 5 nitrogen and oxygen atoms in total. The van der Waals surface area contributed by atoms with E-state index in [2.05, 4.69) is 0 Å². The van der Waals surface area contributed by atoms with Crippen molar-refractivity contribution in [3.63, 3.8) is 0 Å². The van der Waals surface area contributed by atoms with Gasteiger partial charge in [0.2, 0.25) is 0 Å². The second-order valence-electron chi connectivity index (χ2n) is 6.06. The Hall–Kier alpha value is -1.67. The Morgan fingerprint density at radius 1 is 0.828 bits per heavy atom. The average Bonchev–Trinajstić information content (AvgIpc) is 2.65. The number of hydrogen-bond acceptors (Lipinski definition) is 4. The van der Waals surface area contributed by atoms with Gasteiger partial charge in [-0.3, -0.25) is 4.55 Å². The second-order valence-corrected chi connectivity index (χ2v) is 9.25. The molecule has 0 aromatic heterocycles. The molecule has 3 N–H and O–H groups in total. The minimum atomic E-state index is -5.16.